The summed E-state index contributed by atoms with van der Waals surface area (Å²) in [6.07, 6.45) is 0. The van der Waals surface area contributed by atoms with Crippen molar-refractivity contribution >= 4 is 60.7 Å². The van der Waals surface area contributed by atoms with Crippen LogP contribution in [0.1, 0.15) is 0 Å². The van der Waals surface area contributed by atoms with Crippen LogP contribution in [-0.4, -0.2) is 9.13 Å². The fourth-order valence-corrected chi connectivity index (χ4v) is 10.6. The van der Waals surface area contributed by atoms with E-state index in [2.05, 4.69) is 287 Å². The van der Waals surface area contributed by atoms with Gasteiger partial charge in [0.05, 0.1) is 27.8 Å². The molecule has 0 aliphatic heterocycles. The minimum atomic E-state index is 1.07. The molecule has 0 bridgehead atoms. The molecule has 0 fully saturated rings. The van der Waals surface area contributed by atoms with E-state index in [0.29, 0.717) is 0 Å². The fraction of sp³-hybridized carbons (Fsp3) is 0. The van der Waals surface area contributed by atoms with Crippen molar-refractivity contribution in [2.24, 2.45) is 0 Å². The molecular formula is C66H45N3. The molecule has 0 amide bonds. The molecule has 324 valence electrons. The number of nitrogens with zero attached hydrogens (tertiary/aromatic N) is 3. The molecule has 13 aromatic rings. The summed E-state index contributed by atoms with van der Waals surface area (Å²) >= 11 is 0. The van der Waals surface area contributed by atoms with Gasteiger partial charge in [0.1, 0.15) is 0 Å². The molecule has 0 unspecified atom stereocenters. The second-order valence-electron chi connectivity index (χ2n) is 17.7. The van der Waals surface area contributed by atoms with Crippen molar-refractivity contribution in [1.82, 2.24) is 9.13 Å². The van der Waals surface area contributed by atoms with Crippen molar-refractivity contribution in [1.29, 1.82) is 0 Å². The minimum Gasteiger partial charge on any atom is -0.310 e. The van der Waals surface area contributed by atoms with E-state index < -0.39 is 0 Å². The van der Waals surface area contributed by atoms with Crippen molar-refractivity contribution in [3.8, 4) is 55.9 Å². The van der Waals surface area contributed by atoms with Crippen LogP contribution in [0.25, 0.3) is 99.5 Å². The van der Waals surface area contributed by atoms with Crippen molar-refractivity contribution in [2.45, 2.75) is 0 Å². The monoisotopic (exact) mass is 879 g/mol. The minimum absolute atomic E-state index is 1.07. The van der Waals surface area contributed by atoms with Gasteiger partial charge in [0.15, 0.2) is 0 Å². The highest BCUT2D eigenvalue weighted by Gasteiger charge is 2.22. The van der Waals surface area contributed by atoms with E-state index in [0.717, 1.165) is 39.6 Å². The number of para-hydroxylation sites is 5. The summed E-state index contributed by atoms with van der Waals surface area (Å²) in [5.74, 6) is 0. The zero-order valence-corrected chi connectivity index (χ0v) is 37.8. The van der Waals surface area contributed by atoms with Crippen LogP contribution in [0.3, 0.4) is 0 Å². The van der Waals surface area contributed by atoms with E-state index in [1.54, 1.807) is 0 Å². The highest BCUT2D eigenvalue weighted by molar-refractivity contribution is 6.12. The topological polar surface area (TPSA) is 13.1 Å². The third kappa shape index (κ3) is 6.91. The Bertz CT molecular complexity index is 4000. The predicted octanol–water partition coefficient (Wildman–Crippen LogP) is 18.0. The van der Waals surface area contributed by atoms with Gasteiger partial charge in [0.2, 0.25) is 0 Å². The first kappa shape index (κ1) is 40.1. The Balaban J connectivity index is 0.990. The molecule has 2 heterocycles. The number of rotatable bonds is 9. The van der Waals surface area contributed by atoms with E-state index in [1.807, 2.05) is 0 Å². The molecule has 0 aliphatic rings. The lowest BCUT2D eigenvalue weighted by Crippen LogP contribution is -2.11. The van der Waals surface area contributed by atoms with Crippen molar-refractivity contribution in [3.63, 3.8) is 0 Å². The Morgan fingerprint density at radius 2 is 0.638 bits per heavy atom. The number of benzene rings is 11. The maximum atomic E-state index is 2.45. The van der Waals surface area contributed by atoms with Crippen LogP contribution in [0.15, 0.2) is 273 Å². The van der Waals surface area contributed by atoms with Crippen molar-refractivity contribution in [2.75, 3.05) is 4.90 Å². The molecule has 0 N–H and O–H groups in total. The Hall–Kier alpha value is -9.18. The fourth-order valence-electron chi connectivity index (χ4n) is 10.6. The molecule has 3 nitrogen and oxygen atoms in total. The molecule has 13 rings (SSSR count). The lowest BCUT2D eigenvalue weighted by molar-refractivity contribution is 1.18. The SMILES string of the molecule is c1ccc(-c2ccccc2-c2ccccc2-c2ccccc2N(c2ccc(-c3ccc4c(c3)c3ccccc3n4-c3ccccc3)cc2)c2ccc3c(c2)c2ccccc2n3-c2ccccc2)cc1. The van der Waals surface area contributed by atoms with Crippen LogP contribution < -0.4 is 4.90 Å². The highest BCUT2D eigenvalue weighted by Crippen LogP contribution is 2.47. The van der Waals surface area contributed by atoms with E-state index in [9.17, 15) is 0 Å². The zero-order chi connectivity index (χ0) is 45.7. The van der Waals surface area contributed by atoms with Crippen LogP contribution in [0.2, 0.25) is 0 Å². The molecule has 2 aromatic heterocycles. The summed E-state index contributed by atoms with van der Waals surface area (Å²) in [7, 11) is 0. The number of anilines is 3. The molecular weight excluding hydrogens is 835 g/mol. The van der Waals surface area contributed by atoms with E-state index >= 15 is 0 Å². The van der Waals surface area contributed by atoms with Crippen molar-refractivity contribution in [3.05, 3.63) is 273 Å². The Kier molecular flexibility index (Phi) is 9.84. The summed E-state index contributed by atoms with van der Waals surface area (Å²) in [6, 6.07) is 99.2. The van der Waals surface area contributed by atoms with Crippen LogP contribution in [0.4, 0.5) is 17.1 Å². The number of aromatic nitrogens is 2. The lowest BCUT2D eigenvalue weighted by atomic mass is 9.88. The second kappa shape index (κ2) is 16.9. The maximum Gasteiger partial charge on any atom is 0.0542 e. The van der Waals surface area contributed by atoms with Gasteiger partial charge in [-0.2, -0.15) is 0 Å². The molecule has 0 atom stereocenters. The first-order valence-electron chi connectivity index (χ1n) is 23.7. The summed E-state index contributed by atoms with van der Waals surface area (Å²) in [5.41, 5.74) is 19.7. The number of hydrogen-bond acceptors (Lipinski definition) is 1. The van der Waals surface area contributed by atoms with Crippen LogP contribution >= 0.6 is 0 Å². The molecule has 0 aliphatic carbocycles. The molecule has 0 saturated carbocycles. The van der Waals surface area contributed by atoms with Gasteiger partial charge in [0.25, 0.3) is 0 Å². The smallest absolute Gasteiger partial charge is 0.0542 e. The first-order chi connectivity index (χ1) is 34.3. The Morgan fingerprint density at radius 3 is 1.25 bits per heavy atom. The van der Waals surface area contributed by atoms with Crippen LogP contribution in [0, 0.1) is 0 Å². The standard InChI is InChI=1S/C66H45N3/c1-4-20-47(21-5-1)53-26-10-11-27-54(53)55-28-12-13-29-56(55)57-30-14-17-33-62(57)67(52-41-43-66-61(45-52)59-32-16-19-35-64(59)69(66)50-24-8-3-9-25-50)51-39-36-46(37-40-51)48-38-42-65-60(44-48)58-31-15-18-34-63(58)68(65)49-22-6-2-7-23-49/h1-45H. The lowest BCUT2D eigenvalue weighted by Gasteiger charge is -2.29. The van der Waals surface area contributed by atoms with Gasteiger partial charge < -0.3 is 14.0 Å². The summed E-state index contributed by atoms with van der Waals surface area (Å²) in [6.45, 7) is 0. The number of hydrogen-bond donors (Lipinski definition) is 0. The molecule has 11 aromatic carbocycles. The molecule has 3 heteroatoms. The molecule has 69 heavy (non-hydrogen) atoms. The van der Waals surface area contributed by atoms with Gasteiger partial charge in [-0.15, -0.1) is 0 Å². The van der Waals surface area contributed by atoms with Gasteiger partial charge in [-0.3, -0.25) is 0 Å². The van der Waals surface area contributed by atoms with Gasteiger partial charge in [-0.25, -0.2) is 0 Å². The number of fused-ring (bicyclic) bond motifs is 6. The third-order valence-corrected chi connectivity index (χ3v) is 13.7. The van der Waals surface area contributed by atoms with Crippen LogP contribution in [-0.2, 0) is 0 Å². The van der Waals surface area contributed by atoms with Crippen LogP contribution in [0.5, 0.6) is 0 Å². The second-order valence-corrected chi connectivity index (χ2v) is 17.7. The Labute approximate surface area is 401 Å². The van der Waals surface area contributed by atoms with Gasteiger partial charge in [-0.1, -0.05) is 188 Å². The van der Waals surface area contributed by atoms with E-state index in [4.69, 9.17) is 0 Å². The maximum absolute atomic E-state index is 2.45. The Morgan fingerprint density at radius 1 is 0.232 bits per heavy atom. The van der Waals surface area contributed by atoms with E-state index in [1.165, 1.54) is 77.0 Å². The highest BCUT2D eigenvalue weighted by atomic mass is 15.1. The average Bonchev–Trinajstić information content (AvgIpc) is 3.94. The first-order valence-corrected chi connectivity index (χ1v) is 23.7. The largest absolute Gasteiger partial charge is 0.310 e. The molecule has 0 spiro atoms. The summed E-state index contributed by atoms with van der Waals surface area (Å²) in [4.78, 5) is 2.45. The van der Waals surface area contributed by atoms with E-state index in [-0.39, 0.29) is 0 Å². The molecule has 0 saturated heterocycles. The normalized spacial score (nSPS) is 11.5. The zero-order valence-electron chi connectivity index (χ0n) is 37.8. The third-order valence-electron chi connectivity index (χ3n) is 13.7. The van der Waals surface area contributed by atoms with Crippen molar-refractivity contribution < 1.29 is 0 Å². The summed E-state index contributed by atoms with van der Waals surface area (Å²) in [5, 5.41) is 4.90. The average molecular weight is 880 g/mol. The van der Waals surface area contributed by atoms with Gasteiger partial charge >= 0.3 is 0 Å². The predicted molar refractivity (Wildman–Crippen MR) is 292 cm³/mol. The van der Waals surface area contributed by atoms with Gasteiger partial charge in [0, 0.05) is 49.9 Å². The molecule has 0 radical (unpaired) electrons. The summed E-state index contributed by atoms with van der Waals surface area (Å²) < 4.78 is 4.76. The quantitative estimate of drug-likeness (QED) is 0.141. The van der Waals surface area contributed by atoms with Gasteiger partial charge in [-0.05, 0) is 124 Å².